The van der Waals surface area contributed by atoms with Gasteiger partial charge >= 0.3 is 6.55 Å². The van der Waals surface area contributed by atoms with E-state index in [-0.39, 0.29) is 24.0 Å². The molecular weight excluding hydrogens is 240 g/mol. The van der Waals surface area contributed by atoms with Crippen molar-refractivity contribution >= 4 is 0 Å². The van der Waals surface area contributed by atoms with E-state index >= 15 is 0 Å². The van der Waals surface area contributed by atoms with Crippen LogP contribution in [0.4, 0.5) is 8.78 Å². The molecule has 2 rings (SSSR count). The monoisotopic (exact) mass is 259 g/mol. The normalized spacial score (nSPS) is 23.5. The predicted molar refractivity (Wildman–Crippen MR) is 63.3 cm³/mol. The van der Waals surface area contributed by atoms with Gasteiger partial charge in [0, 0.05) is 24.4 Å². The second-order valence-corrected chi connectivity index (χ2v) is 5.28. The number of imidazole rings is 1. The smallest absolute Gasteiger partial charge is 0.320 e. The molecule has 1 aromatic rings. The fraction of sp³-hybridized carbons (Fsp3) is 0.750. The molecule has 1 fully saturated rings. The lowest BCUT2D eigenvalue weighted by Crippen LogP contribution is -2.47. The number of rotatable bonds is 4. The minimum absolute atomic E-state index is 0.0144. The summed E-state index contributed by atoms with van der Waals surface area (Å²) in [5.74, 6) is 0.277. The van der Waals surface area contributed by atoms with Crippen molar-refractivity contribution in [3.05, 3.63) is 18.2 Å². The Kier molecular flexibility index (Phi) is 3.97. The van der Waals surface area contributed by atoms with E-state index in [4.69, 9.17) is 4.74 Å². The Morgan fingerprint density at radius 2 is 2.39 bits per heavy atom. The maximum atomic E-state index is 12.6. The molecule has 18 heavy (non-hydrogen) atoms. The third-order valence-electron chi connectivity index (χ3n) is 3.41. The molecule has 0 aliphatic carbocycles. The van der Waals surface area contributed by atoms with Crippen molar-refractivity contribution in [2.45, 2.75) is 39.5 Å². The topological polar surface area (TPSA) is 39.1 Å². The van der Waals surface area contributed by atoms with Crippen molar-refractivity contribution in [3.8, 4) is 0 Å². The molecule has 0 saturated carbocycles. The number of hydrogen-bond donors (Lipinski definition) is 1. The van der Waals surface area contributed by atoms with Crippen molar-refractivity contribution in [3.63, 3.8) is 0 Å². The van der Waals surface area contributed by atoms with Crippen molar-refractivity contribution in [1.29, 1.82) is 0 Å². The minimum Gasteiger partial charge on any atom is -0.370 e. The molecule has 0 aromatic carbocycles. The van der Waals surface area contributed by atoms with Gasteiger partial charge in [-0.2, -0.15) is 8.78 Å². The van der Waals surface area contributed by atoms with Gasteiger partial charge in [0.25, 0.3) is 0 Å². The molecular formula is C12H19F2N3O. The van der Waals surface area contributed by atoms with Crippen LogP contribution in [-0.4, -0.2) is 28.7 Å². The van der Waals surface area contributed by atoms with E-state index in [0.717, 1.165) is 24.1 Å². The standard InChI is InChI=1S/C12H19F2N3O/c1-12(2)8-15-4-3-9(12)18-7-10-16-5-6-17(10)11(13)14/h5-6,9,11,15H,3-4,7-8H2,1-2H3. The molecule has 1 aliphatic heterocycles. The molecule has 1 unspecified atom stereocenters. The van der Waals surface area contributed by atoms with Crippen LogP contribution in [0.3, 0.4) is 0 Å². The molecule has 1 aliphatic rings. The molecule has 1 aromatic heterocycles. The zero-order valence-electron chi connectivity index (χ0n) is 10.7. The molecule has 102 valence electrons. The van der Waals surface area contributed by atoms with E-state index in [1.807, 2.05) is 0 Å². The fourth-order valence-electron chi connectivity index (χ4n) is 2.27. The zero-order valence-corrected chi connectivity index (χ0v) is 10.7. The van der Waals surface area contributed by atoms with Crippen LogP contribution >= 0.6 is 0 Å². The van der Waals surface area contributed by atoms with Gasteiger partial charge in [-0.05, 0) is 13.0 Å². The number of hydrogen-bond acceptors (Lipinski definition) is 3. The van der Waals surface area contributed by atoms with Crippen LogP contribution in [0.15, 0.2) is 12.4 Å². The van der Waals surface area contributed by atoms with Gasteiger partial charge in [0.05, 0.1) is 6.10 Å². The van der Waals surface area contributed by atoms with Gasteiger partial charge in [0.2, 0.25) is 0 Å². The zero-order chi connectivity index (χ0) is 13.2. The molecule has 1 atom stereocenters. The highest BCUT2D eigenvalue weighted by Gasteiger charge is 2.33. The third kappa shape index (κ3) is 2.87. The maximum Gasteiger partial charge on any atom is 0.320 e. The minimum atomic E-state index is -2.56. The molecule has 1 saturated heterocycles. The largest absolute Gasteiger partial charge is 0.370 e. The summed E-state index contributed by atoms with van der Waals surface area (Å²) in [6, 6.07) is 0. The molecule has 0 bridgehead atoms. The third-order valence-corrected chi connectivity index (χ3v) is 3.41. The quantitative estimate of drug-likeness (QED) is 0.900. The summed E-state index contributed by atoms with van der Waals surface area (Å²) < 4.78 is 31.9. The van der Waals surface area contributed by atoms with Crippen LogP contribution < -0.4 is 5.32 Å². The Balaban J connectivity index is 1.96. The summed E-state index contributed by atoms with van der Waals surface area (Å²) in [6.07, 6.45) is 3.61. The highest BCUT2D eigenvalue weighted by Crippen LogP contribution is 2.28. The number of nitrogens with zero attached hydrogens (tertiary/aromatic N) is 2. The Morgan fingerprint density at radius 3 is 3.06 bits per heavy atom. The summed E-state index contributed by atoms with van der Waals surface area (Å²) in [5.41, 5.74) is 0.0144. The second kappa shape index (κ2) is 5.32. The molecule has 0 radical (unpaired) electrons. The Morgan fingerprint density at radius 1 is 1.61 bits per heavy atom. The summed E-state index contributed by atoms with van der Waals surface area (Å²) in [7, 11) is 0. The number of aromatic nitrogens is 2. The SMILES string of the molecule is CC1(C)CNCCC1OCc1nccn1C(F)F. The van der Waals surface area contributed by atoms with E-state index in [0.29, 0.717) is 0 Å². The first kappa shape index (κ1) is 13.4. The van der Waals surface area contributed by atoms with Gasteiger partial charge < -0.3 is 10.1 Å². The van der Waals surface area contributed by atoms with E-state index in [1.165, 1.54) is 12.4 Å². The van der Waals surface area contributed by atoms with Crippen LogP contribution in [0.1, 0.15) is 32.6 Å². The first-order valence-electron chi connectivity index (χ1n) is 6.13. The Bertz CT molecular complexity index is 392. The average Bonchev–Trinajstić information content (AvgIpc) is 2.75. The first-order chi connectivity index (χ1) is 8.50. The van der Waals surface area contributed by atoms with Gasteiger partial charge in [0.15, 0.2) is 0 Å². The highest BCUT2D eigenvalue weighted by molar-refractivity contribution is 4.92. The lowest BCUT2D eigenvalue weighted by atomic mass is 9.82. The van der Waals surface area contributed by atoms with Crippen LogP contribution in [0.2, 0.25) is 0 Å². The first-order valence-corrected chi connectivity index (χ1v) is 6.13. The fourth-order valence-corrected chi connectivity index (χ4v) is 2.27. The number of piperidine rings is 1. The van der Waals surface area contributed by atoms with Crippen LogP contribution in [0, 0.1) is 5.41 Å². The van der Waals surface area contributed by atoms with Gasteiger partial charge in [-0.15, -0.1) is 0 Å². The van der Waals surface area contributed by atoms with Crippen molar-refractivity contribution < 1.29 is 13.5 Å². The lowest BCUT2D eigenvalue weighted by molar-refractivity contribution is -0.0579. The van der Waals surface area contributed by atoms with E-state index in [9.17, 15) is 8.78 Å². The molecule has 0 spiro atoms. The van der Waals surface area contributed by atoms with Crippen molar-refractivity contribution in [1.82, 2.24) is 14.9 Å². The van der Waals surface area contributed by atoms with E-state index in [1.54, 1.807) is 0 Å². The molecule has 6 heteroatoms. The van der Waals surface area contributed by atoms with Crippen LogP contribution in [0.5, 0.6) is 0 Å². The van der Waals surface area contributed by atoms with Crippen molar-refractivity contribution in [2.24, 2.45) is 5.41 Å². The molecule has 0 amide bonds. The highest BCUT2D eigenvalue weighted by atomic mass is 19.3. The summed E-state index contributed by atoms with van der Waals surface area (Å²) >= 11 is 0. The van der Waals surface area contributed by atoms with Gasteiger partial charge in [-0.25, -0.2) is 4.98 Å². The van der Waals surface area contributed by atoms with E-state index in [2.05, 4.69) is 24.1 Å². The van der Waals surface area contributed by atoms with Crippen molar-refractivity contribution in [2.75, 3.05) is 13.1 Å². The number of nitrogens with one attached hydrogen (secondary N) is 1. The average molecular weight is 259 g/mol. The summed E-state index contributed by atoms with van der Waals surface area (Å²) in [5, 5.41) is 3.31. The summed E-state index contributed by atoms with van der Waals surface area (Å²) in [4.78, 5) is 3.91. The van der Waals surface area contributed by atoms with E-state index < -0.39 is 6.55 Å². The van der Waals surface area contributed by atoms with Gasteiger partial charge in [0.1, 0.15) is 12.4 Å². The number of halogens is 2. The van der Waals surface area contributed by atoms with Gasteiger partial charge in [-0.3, -0.25) is 4.57 Å². The van der Waals surface area contributed by atoms with Gasteiger partial charge in [-0.1, -0.05) is 13.8 Å². The van der Waals surface area contributed by atoms with Crippen LogP contribution in [0.25, 0.3) is 0 Å². The van der Waals surface area contributed by atoms with Crippen LogP contribution in [-0.2, 0) is 11.3 Å². The lowest BCUT2D eigenvalue weighted by Gasteiger charge is -2.38. The maximum absolute atomic E-state index is 12.6. The number of alkyl halides is 2. The second-order valence-electron chi connectivity index (χ2n) is 5.28. The Labute approximate surface area is 105 Å². The predicted octanol–water partition coefficient (Wildman–Crippen LogP) is 2.18. The Hall–Kier alpha value is -1.01. The number of ether oxygens (including phenoxy) is 1. The molecule has 1 N–H and O–H groups in total. The molecule has 2 heterocycles. The summed E-state index contributed by atoms with van der Waals surface area (Å²) in [6.45, 7) is 3.57. The molecule has 4 nitrogen and oxygen atoms in total.